The summed E-state index contributed by atoms with van der Waals surface area (Å²) in [7, 11) is 2.66. The van der Waals surface area contributed by atoms with Crippen LogP contribution in [0.25, 0.3) is 0 Å². The van der Waals surface area contributed by atoms with Crippen molar-refractivity contribution in [1.29, 1.82) is 0 Å². The number of rotatable bonds is 13. The standard InChI is InChI=1S/C23H20F2N2O4.C12H7F2NO3.C11H15NO2/c1-3-20(14-4-6-15(7-5-14)23(29)30-2)27-21(28)19-12-17(25)13-26-22(19)31-18-10-8-16(24)9-11-18;13-7-1-3-9(4-2-7)18-11-10(12(16)17)5-8(14)6-15-11;1-3-10(12)8-4-6-9(7-5-8)11(13)14-2/h4-13,20H,3H2,1-2H3,(H,27,28);1-6H,(H,16,17);4-7,10H,3,12H2,1-2H3. The van der Waals surface area contributed by atoms with E-state index in [1.165, 1.54) is 50.6 Å². The van der Waals surface area contributed by atoms with Crippen molar-refractivity contribution in [2.24, 2.45) is 5.73 Å². The maximum absolute atomic E-state index is 13.8. The van der Waals surface area contributed by atoms with Crippen LogP contribution in [0, 0.1) is 23.3 Å². The number of carboxylic acid groups (broad SMARTS) is 1. The highest BCUT2D eigenvalue weighted by Gasteiger charge is 2.21. The lowest BCUT2D eigenvalue weighted by molar-refractivity contribution is 0.0592. The van der Waals surface area contributed by atoms with Crippen LogP contribution in [0.3, 0.4) is 0 Å². The van der Waals surface area contributed by atoms with Gasteiger partial charge in [-0.2, -0.15) is 0 Å². The Morgan fingerprint density at radius 3 is 1.41 bits per heavy atom. The van der Waals surface area contributed by atoms with E-state index in [0.29, 0.717) is 17.5 Å². The van der Waals surface area contributed by atoms with Gasteiger partial charge in [-0.1, -0.05) is 38.1 Å². The molecule has 2 heterocycles. The van der Waals surface area contributed by atoms with Crippen LogP contribution in [0.2, 0.25) is 0 Å². The van der Waals surface area contributed by atoms with E-state index in [0.717, 1.165) is 54.2 Å². The first-order valence-corrected chi connectivity index (χ1v) is 19.0. The van der Waals surface area contributed by atoms with Crippen molar-refractivity contribution in [1.82, 2.24) is 15.3 Å². The number of pyridine rings is 2. The third kappa shape index (κ3) is 14.2. The van der Waals surface area contributed by atoms with Gasteiger partial charge < -0.3 is 35.1 Å². The number of methoxy groups -OCH3 is 2. The Balaban J connectivity index is 0.000000230. The fourth-order valence-corrected chi connectivity index (χ4v) is 5.41. The summed E-state index contributed by atoms with van der Waals surface area (Å²) in [5.74, 6) is -5.01. The second kappa shape index (κ2) is 23.4. The topological polar surface area (TPSA) is 189 Å². The number of esters is 2. The van der Waals surface area contributed by atoms with Crippen molar-refractivity contribution in [2.45, 2.75) is 38.8 Å². The van der Waals surface area contributed by atoms with Gasteiger partial charge in [-0.3, -0.25) is 4.79 Å². The molecule has 0 aliphatic heterocycles. The normalized spacial score (nSPS) is 11.3. The van der Waals surface area contributed by atoms with Crippen LogP contribution in [-0.2, 0) is 9.47 Å². The third-order valence-corrected chi connectivity index (χ3v) is 8.81. The number of nitrogens with one attached hydrogen (secondary N) is 1. The number of benzene rings is 4. The molecule has 0 radical (unpaired) electrons. The summed E-state index contributed by atoms with van der Waals surface area (Å²) >= 11 is 0. The molecule has 2 unspecified atom stereocenters. The summed E-state index contributed by atoms with van der Waals surface area (Å²) < 4.78 is 72.4. The molecule has 13 nitrogen and oxygen atoms in total. The zero-order chi connectivity index (χ0) is 46.1. The van der Waals surface area contributed by atoms with Gasteiger partial charge in [0.2, 0.25) is 11.8 Å². The number of ether oxygens (including phenoxy) is 4. The van der Waals surface area contributed by atoms with Crippen molar-refractivity contribution < 1.29 is 60.8 Å². The van der Waals surface area contributed by atoms with E-state index >= 15 is 0 Å². The van der Waals surface area contributed by atoms with Gasteiger partial charge in [0.1, 0.15) is 45.9 Å². The van der Waals surface area contributed by atoms with Gasteiger partial charge in [-0.15, -0.1) is 0 Å². The van der Waals surface area contributed by atoms with Crippen molar-refractivity contribution in [3.8, 4) is 23.3 Å². The average Bonchev–Trinajstić information content (AvgIpc) is 3.30. The number of amides is 1. The number of nitrogens with zero attached hydrogens (tertiary/aromatic N) is 2. The van der Waals surface area contributed by atoms with Gasteiger partial charge in [-0.25, -0.2) is 41.9 Å². The summed E-state index contributed by atoms with van der Waals surface area (Å²) in [4.78, 5) is 53.9. The monoisotopic (exact) mass is 870 g/mol. The Morgan fingerprint density at radius 2 is 1.02 bits per heavy atom. The van der Waals surface area contributed by atoms with Crippen LogP contribution in [-0.4, -0.2) is 53.1 Å². The van der Waals surface area contributed by atoms with Gasteiger partial charge in [-0.05, 0) is 109 Å². The molecule has 1 amide bonds. The smallest absolute Gasteiger partial charge is 0.341 e. The summed E-state index contributed by atoms with van der Waals surface area (Å²) in [6.07, 6.45) is 3.20. The van der Waals surface area contributed by atoms with Crippen LogP contribution >= 0.6 is 0 Å². The van der Waals surface area contributed by atoms with Crippen LogP contribution in [0.4, 0.5) is 17.6 Å². The molecule has 0 saturated carbocycles. The fraction of sp³-hybridized carbons (Fsp3) is 0.174. The first-order valence-electron chi connectivity index (χ1n) is 19.0. The number of hydrogen-bond donors (Lipinski definition) is 3. The van der Waals surface area contributed by atoms with Crippen LogP contribution < -0.4 is 20.5 Å². The maximum Gasteiger partial charge on any atom is 0.341 e. The molecule has 0 saturated heterocycles. The van der Waals surface area contributed by atoms with E-state index in [-0.39, 0.29) is 40.8 Å². The predicted octanol–water partition coefficient (Wildman–Crippen LogP) is 9.55. The lowest BCUT2D eigenvalue weighted by atomic mass is 10.0. The molecule has 0 spiro atoms. The number of aromatic carboxylic acids is 1. The van der Waals surface area contributed by atoms with Gasteiger partial charge in [0.05, 0.1) is 43.8 Å². The van der Waals surface area contributed by atoms with Crippen molar-refractivity contribution in [3.05, 3.63) is 178 Å². The van der Waals surface area contributed by atoms with Crippen molar-refractivity contribution >= 4 is 23.8 Å². The minimum absolute atomic E-state index is 0.0432. The zero-order valence-corrected chi connectivity index (χ0v) is 34.3. The van der Waals surface area contributed by atoms with E-state index < -0.39 is 52.7 Å². The van der Waals surface area contributed by atoms with E-state index in [4.69, 9.17) is 20.3 Å². The molecule has 328 valence electrons. The highest BCUT2D eigenvalue weighted by Crippen LogP contribution is 2.27. The largest absolute Gasteiger partial charge is 0.477 e. The molecular formula is C46H42F4N4O9. The van der Waals surface area contributed by atoms with Crippen molar-refractivity contribution in [3.63, 3.8) is 0 Å². The zero-order valence-electron chi connectivity index (χ0n) is 34.3. The molecule has 4 aromatic carbocycles. The number of nitrogens with two attached hydrogens (primary N) is 1. The highest BCUT2D eigenvalue weighted by atomic mass is 19.1. The van der Waals surface area contributed by atoms with E-state index in [1.807, 2.05) is 26.0 Å². The number of carbonyl (C=O) groups is 4. The summed E-state index contributed by atoms with van der Waals surface area (Å²) in [5, 5.41) is 11.7. The Kier molecular flexibility index (Phi) is 17.8. The minimum Gasteiger partial charge on any atom is -0.477 e. The maximum atomic E-state index is 13.8. The SMILES string of the molecule is CCC(N)c1ccc(C(=O)OC)cc1.CCC(NC(=O)c1cc(F)cnc1Oc1ccc(F)cc1)c1ccc(C(=O)OC)cc1.O=C(O)c1cc(F)cnc1Oc1ccc(F)cc1. The molecular weight excluding hydrogens is 829 g/mol. The molecule has 0 aliphatic carbocycles. The van der Waals surface area contributed by atoms with Gasteiger partial charge in [0, 0.05) is 6.04 Å². The molecule has 0 bridgehead atoms. The van der Waals surface area contributed by atoms with E-state index in [1.54, 1.807) is 36.4 Å². The summed E-state index contributed by atoms with van der Waals surface area (Å²) in [6.45, 7) is 3.90. The third-order valence-electron chi connectivity index (χ3n) is 8.81. The lowest BCUT2D eigenvalue weighted by Crippen LogP contribution is -2.28. The van der Waals surface area contributed by atoms with Crippen LogP contribution in [0.5, 0.6) is 23.3 Å². The second-order valence-corrected chi connectivity index (χ2v) is 13.1. The van der Waals surface area contributed by atoms with Crippen LogP contribution in [0.1, 0.15) is 91.3 Å². The van der Waals surface area contributed by atoms with Crippen molar-refractivity contribution in [2.75, 3.05) is 14.2 Å². The predicted molar refractivity (Wildman–Crippen MR) is 222 cm³/mol. The average molecular weight is 871 g/mol. The molecule has 4 N–H and O–H groups in total. The van der Waals surface area contributed by atoms with E-state index in [9.17, 15) is 36.7 Å². The Bertz CT molecular complexity index is 2470. The highest BCUT2D eigenvalue weighted by molar-refractivity contribution is 5.97. The number of carboxylic acids is 1. The molecule has 0 fully saturated rings. The molecule has 0 aliphatic rings. The van der Waals surface area contributed by atoms with Gasteiger partial charge in [0.15, 0.2) is 0 Å². The summed E-state index contributed by atoms with van der Waals surface area (Å²) in [6, 6.07) is 25.3. The number of halogens is 4. The molecule has 63 heavy (non-hydrogen) atoms. The van der Waals surface area contributed by atoms with E-state index in [2.05, 4.69) is 24.8 Å². The summed E-state index contributed by atoms with van der Waals surface area (Å²) in [5.41, 5.74) is 8.07. The van der Waals surface area contributed by atoms with Crippen LogP contribution in [0.15, 0.2) is 122 Å². The Labute approximate surface area is 359 Å². The van der Waals surface area contributed by atoms with Gasteiger partial charge in [0.25, 0.3) is 5.91 Å². The molecule has 6 rings (SSSR count). The molecule has 17 heteroatoms. The van der Waals surface area contributed by atoms with Gasteiger partial charge >= 0.3 is 17.9 Å². The Morgan fingerprint density at radius 1 is 0.603 bits per heavy atom. The first kappa shape index (κ1) is 48.0. The number of hydrogen-bond acceptors (Lipinski definition) is 11. The molecule has 2 atom stereocenters. The quantitative estimate of drug-likeness (QED) is 0.0737. The fourth-order valence-electron chi connectivity index (χ4n) is 5.41. The second-order valence-electron chi connectivity index (χ2n) is 13.1. The minimum atomic E-state index is -1.36. The molecule has 6 aromatic rings. The first-order chi connectivity index (χ1) is 30.1. The lowest BCUT2D eigenvalue weighted by Gasteiger charge is -2.19. The number of carbonyl (C=O) groups excluding carboxylic acids is 3. The Hall–Kier alpha value is -7.66. The molecule has 2 aromatic heterocycles. The number of aromatic nitrogens is 2.